The van der Waals surface area contributed by atoms with E-state index in [1.54, 1.807) is 11.3 Å². The Morgan fingerprint density at radius 1 is 1.54 bits per heavy atom. The maximum Gasteiger partial charge on any atom is 0.183 e. The van der Waals surface area contributed by atoms with Crippen LogP contribution in [0.4, 0.5) is 10.8 Å². The van der Waals surface area contributed by atoms with Gasteiger partial charge in [-0.05, 0) is 25.1 Å². The zero-order chi connectivity index (χ0) is 9.26. The van der Waals surface area contributed by atoms with Crippen LogP contribution >= 0.6 is 11.3 Å². The molecule has 0 aliphatic heterocycles. The summed E-state index contributed by atoms with van der Waals surface area (Å²) < 4.78 is 1.14. The Bertz CT molecular complexity index is 422. The molecule has 3 nitrogen and oxygen atoms in total. The van der Waals surface area contributed by atoms with E-state index in [9.17, 15) is 0 Å². The van der Waals surface area contributed by atoms with E-state index in [0.717, 1.165) is 27.6 Å². The van der Waals surface area contributed by atoms with Crippen molar-refractivity contribution in [3.05, 3.63) is 18.2 Å². The Labute approximate surface area is 80.6 Å². The first-order valence-electron chi connectivity index (χ1n) is 4.19. The summed E-state index contributed by atoms with van der Waals surface area (Å²) in [4.78, 5) is 4.40. The van der Waals surface area contributed by atoms with Gasteiger partial charge in [-0.15, -0.1) is 0 Å². The van der Waals surface area contributed by atoms with E-state index in [1.807, 2.05) is 18.2 Å². The van der Waals surface area contributed by atoms with Crippen molar-refractivity contribution in [2.75, 3.05) is 17.6 Å². The highest BCUT2D eigenvalue weighted by atomic mass is 32.1. The van der Waals surface area contributed by atoms with Gasteiger partial charge in [0.05, 0.1) is 10.2 Å². The molecular formula is C9H11N3S. The third kappa shape index (κ3) is 1.58. The zero-order valence-electron chi connectivity index (χ0n) is 7.37. The average molecular weight is 193 g/mol. The lowest BCUT2D eigenvalue weighted by atomic mass is 10.3. The van der Waals surface area contributed by atoms with Crippen molar-refractivity contribution in [2.45, 2.75) is 6.92 Å². The Morgan fingerprint density at radius 3 is 3.15 bits per heavy atom. The van der Waals surface area contributed by atoms with Gasteiger partial charge in [0.2, 0.25) is 0 Å². The highest BCUT2D eigenvalue weighted by molar-refractivity contribution is 7.22. The van der Waals surface area contributed by atoms with Crippen LogP contribution in [0.2, 0.25) is 0 Å². The second-order valence-electron chi connectivity index (χ2n) is 2.78. The van der Waals surface area contributed by atoms with Crippen LogP contribution in [0.1, 0.15) is 6.92 Å². The van der Waals surface area contributed by atoms with Crippen LogP contribution in [0.15, 0.2) is 18.2 Å². The Kier molecular flexibility index (Phi) is 2.06. The van der Waals surface area contributed by atoms with E-state index in [-0.39, 0.29) is 0 Å². The van der Waals surface area contributed by atoms with Crippen LogP contribution in [-0.2, 0) is 0 Å². The molecule has 68 valence electrons. The predicted octanol–water partition coefficient (Wildman–Crippen LogP) is 2.31. The lowest BCUT2D eigenvalue weighted by molar-refractivity contribution is 1.20. The number of nitrogen functional groups attached to an aromatic ring is 1. The molecule has 4 heteroatoms. The zero-order valence-corrected chi connectivity index (χ0v) is 8.19. The van der Waals surface area contributed by atoms with Gasteiger partial charge in [0, 0.05) is 12.2 Å². The van der Waals surface area contributed by atoms with Crippen LogP contribution in [0.5, 0.6) is 0 Å². The molecule has 1 heterocycles. The molecule has 0 radical (unpaired) electrons. The van der Waals surface area contributed by atoms with Crippen LogP contribution in [0.3, 0.4) is 0 Å². The molecular weight excluding hydrogens is 182 g/mol. The highest BCUT2D eigenvalue weighted by Crippen LogP contribution is 2.27. The fourth-order valence-corrected chi connectivity index (χ4v) is 2.15. The van der Waals surface area contributed by atoms with E-state index < -0.39 is 0 Å². The van der Waals surface area contributed by atoms with E-state index in [2.05, 4.69) is 17.2 Å². The largest absolute Gasteiger partial charge is 0.399 e. The first-order valence-corrected chi connectivity index (χ1v) is 5.01. The first-order chi connectivity index (χ1) is 6.29. The SMILES string of the molecule is CCNc1nc2ccc(N)cc2s1. The number of hydrogen-bond acceptors (Lipinski definition) is 4. The molecule has 0 saturated carbocycles. The minimum Gasteiger partial charge on any atom is -0.399 e. The molecule has 2 rings (SSSR count). The maximum absolute atomic E-state index is 5.67. The summed E-state index contributed by atoms with van der Waals surface area (Å²) in [5.74, 6) is 0. The quantitative estimate of drug-likeness (QED) is 0.719. The molecule has 0 amide bonds. The molecule has 0 aliphatic carbocycles. The summed E-state index contributed by atoms with van der Waals surface area (Å²) in [5, 5.41) is 4.14. The van der Waals surface area contributed by atoms with Crippen molar-refractivity contribution in [2.24, 2.45) is 0 Å². The number of benzene rings is 1. The number of fused-ring (bicyclic) bond motifs is 1. The van der Waals surface area contributed by atoms with E-state index >= 15 is 0 Å². The lowest BCUT2D eigenvalue weighted by Crippen LogP contribution is -1.94. The van der Waals surface area contributed by atoms with Gasteiger partial charge in [-0.2, -0.15) is 0 Å². The molecule has 2 aromatic rings. The smallest absolute Gasteiger partial charge is 0.183 e. The molecule has 1 aromatic carbocycles. The van der Waals surface area contributed by atoms with Gasteiger partial charge in [0.15, 0.2) is 5.13 Å². The number of thiazole rings is 1. The van der Waals surface area contributed by atoms with Gasteiger partial charge in [-0.25, -0.2) is 4.98 Å². The molecule has 3 N–H and O–H groups in total. The van der Waals surface area contributed by atoms with Gasteiger partial charge in [-0.1, -0.05) is 11.3 Å². The standard InChI is InChI=1S/C9H11N3S/c1-2-11-9-12-7-4-3-6(10)5-8(7)13-9/h3-5H,2,10H2,1H3,(H,11,12). The molecule has 0 saturated heterocycles. The molecule has 0 atom stereocenters. The molecule has 0 unspecified atom stereocenters. The molecule has 0 bridgehead atoms. The summed E-state index contributed by atoms with van der Waals surface area (Å²) in [6.07, 6.45) is 0. The van der Waals surface area contributed by atoms with Crippen molar-refractivity contribution < 1.29 is 0 Å². The van der Waals surface area contributed by atoms with Gasteiger partial charge in [0.1, 0.15) is 0 Å². The molecule has 0 aliphatic rings. The van der Waals surface area contributed by atoms with Gasteiger partial charge >= 0.3 is 0 Å². The van der Waals surface area contributed by atoms with Crippen LogP contribution < -0.4 is 11.1 Å². The number of nitrogens with two attached hydrogens (primary N) is 1. The Hall–Kier alpha value is -1.29. The van der Waals surface area contributed by atoms with Gasteiger partial charge in [-0.3, -0.25) is 0 Å². The highest BCUT2D eigenvalue weighted by Gasteiger charge is 2.01. The van der Waals surface area contributed by atoms with E-state index in [4.69, 9.17) is 5.73 Å². The lowest BCUT2D eigenvalue weighted by Gasteiger charge is -1.91. The number of rotatable bonds is 2. The van der Waals surface area contributed by atoms with Gasteiger partial charge < -0.3 is 11.1 Å². The van der Waals surface area contributed by atoms with Crippen molar-refractivity contribution in [1.82, 2.24) is 4.98 Å². The van der Waals surface area contributed by atoms with Crippen LogP contribution in [0, 0.1) is 0 Å². The second-order valence-corrected chi connectivity index (χ2v) is 3.81. The number of anilines is 2. The van der Waals surface area contributed by atoms with Crippen LogP contribution in [0.25, 0.3) is 10.2 Å². The predicted molar refractivity (Wildman–Crippen MR) is 58.2 cm³/mol. The summed E-state index contributed by atoms with van der Waals surface area (Å²) in [6, 6.07) is 5.77. The summed E-state index contributed by atoms with van der Waals surface area (Å²) >= 11 is 1.63. The van der Waals surface area contributed by atoms with Crippen molar-refractivity contribution in [3.8, 4) is 0 Å². The van der Waals surface area contributed by atoms with Crippen molar-refractivity contribution in [1.29, 1.82) is 0 Å². The number of hydrogen-bond donors (Lipinski definition) is 2. The summed E-state index contributed by atoms with van der Waals surface area (Å²) in [5.41, 5.74) is 7.47. The third-order valence-corrected chi connectivity index (χ3v) is 2.72. The normalized spacial score (nSPS) is 10.5. The Balaban J connectivity index is 2.49. The van der Waals surface area contributed by atoms with E-state index in [1.165, 1.54) is 0 Å². The minimum atomic E-state index is 0.791. The summed E-state index contributed by atoms with van der Waals surface area (Å²) in [7, 11) is 0. The molecule has 1 aromatic heterocycles. The fourth-order valence-electron chi connectivity index (χ4n) is 1.17. The van der Waals surface area contributed by atoms with Crippen LogP contribution in [-0.4, -0.2) is 11.5 Å². The maximum atomic E-state index is 5.67. The third-order valence-electron chi connectivity index (χ3n) is 1.74. The van der Waals surface area contributed by atoms with E-state index in [0.29, 0.717) is 0 Å². The molecule has 13 heavy (non-hydrogen) atoms. The van der Waals surface area contributed by atoms with Crippen molar-refractivity contribution >= 4 is 32.4 Å². The second kappa shape index (κ2) is 3.22. The average Bonchev–Trinajstić information content (AvgIpc) is 2.46. The number of nitrogens with one attached hydrogen (secondary N) is 1. The molecule has 0 fully saturated rings. The topological polar surface area (TPSA) is 50.9 Å². The number of aromatic nitrogens is 1. The monoisotopic (exact) mass is 193 g/mol. The minimum absolute atomic E-state index is 0.791. The first kappa shape index (κ1) is 8.31. The summed E-state index contributed by atoms with van der Waals surface area (Å²) in [6.45, 7) is 2.95. The fraction of sp³-hybridized carbons (Fsp3) is 0.222. The molecule has 0 spiro atoms. The Morgan fingerprint density at radius 2 is 2.38 bits per heavy atom. The van der Waals surface area contributed by atoms with Gasteiger partial charge in [0.25, 0.3) is 0 Å². The number of nitrogens with zero attached hydrogens (tertiary/aromatic N) is 1. The van der Waals surface area contributed by atoms with Crippen molar-refractivity contribution in [3.63, 3.8) is 0 Å².